The second kappa shape index (κ2) is 7.05. The third-order valence-electron chi connectivity index (χ3n) is 3.17. The number of halogens is 1. The van der Waals surface area contributed by atoms with Crippen LogP contribution in [0.1, 0.15) is 18.3 Å². The van der Waals surface area contributed by atoms with Crippen LogP contribution in [0, 0.1) is 0 Å². The zero-order valence-corrected chi connectivity index (χ0v) is 12.9. The number of nitrogens with zero attached hydrogens (tertiary/aromatic N) is 3. The zero-order chi connectivity index (χ0) is 13.8. The number of nitrogen functional groups attached to an aromatic ring is 1. The molecule has 0 radical (unpaired) electrons. The van der Waals surface area contributed by atoms with E-state index in [0.29, 0.717) is 0 Å². The minimum absolute atomic E-state index is 0. The van der Waals surface area contributed by atoms with Crippen molar-refractivity contribution in [2.75, 3.05) is 30.3 Å². The molecule has 0 aliphatic heterocycles. The highest BCUT2D eigenvalue weighted by Gasteiger charge is 2.12. The minimum Gasteiger partial charge on any atom is -1.00 e. The van der Waals surface area contributed by atoms with Crippen LogP contribution in [0.4, 0.5) is 5.69 Å². The first-order valence-electron chi connectivity index (χ1n) is 6.49. The van der Waals surface area contributed by atoms with Gasteiger partial charge in [0.1, 0.15) is 0 Å². The predicted octanol–water partition coefficient (Wildman–Crippen LogP) is -2.13. The number of hydrogen-bond donors (Lipinski definition) is 2. The highest BCUT2D eigenvalue weighted by molar-refractivity contribution is 5.46. The van der Waals surface area contributed by atoms with Gasteiger partial charge in [-0.1, -0.05) is 19.1 Å². The molecule has 0 saturated carbocycles. The largest absolute Gasteiger partial charge is 1.00 e. The molecule has 110 valence electrons. The van der Waals surface area contributed by atoms with E-state index in [0.717, 1.165) is 18.8 Å². The lowest BCUT2D eigenvalue weighted by atomic mass is 10.2. The Bertz CT molecular complexity index is 533. The SMILES string of the molecule is CCc1n(N)cc[n+]1NCc1ccc(N(C)C)cc1.[Cl-]. The van der Waals surface area contributed by atoms with Crippen molar-refractivity contribution in [1.29, 1.82) is 0 Å². The number of benzene rings is 1. The first-order chi connectivity index (χ1) is 9.11. The number of imidazole rings is 1. The number of nitrogens with one attached hydrogen (secondary N) is 1. The summed E-state index contributed by atoms with van der Waals surface area (Å²) in [7, 11) is 4.08. The molecule has 1 aromatic heterocycles. The lowest BCUT2D eigenvalue weighted by Gasteiger charge is -2.12. The number of aromatic nitrogens is 2. The molecule has 6 heteroatoms. The highest BCUT2D eigenvalue weighted by atomic mass is 35.5. The van der Waals surface area contributed by atoms with E-state index in [1.54, 1.807) is 4.68 Å². The minimum atomic E-state index is 0. The highest BCUT2D eigenvalue weighted by Crippen LogP contribution is 2.11. The lowest BCUT2D eigenvalue weighted by Crippen LogP contribution is -3.00. The van der Waals surface area contributed by atoms with Crippen LogP contribution < -0.4 is 33.3 Å². The molecule has 5 nitrogen and oxygen atoms in total. The van der Waals surface area contributed by atoms with Gasteiger partial charge in [0.2, 0.25) is 0 Å². The van der Waals surface area contributed by atoms with Crippen LogP contribution >= 0.6 is 0 Å². The summed E-state index contributed by atoms with van der Waals surface area (Å²) in [5, 5.41) is 0. The van der Waals surface area contributed by atoms with Crippen molar-refractivity contribution in [3.05, 3.63) is 48.0 Å². The van der Waals surface area contributed by atoms with E-state index in [-0.39, 0.29) is 12.4 Å². The molecule has 0 aliphatic carbocycles. The normalized spacial score (nSPS) is 9.95. The Morgan fingerprint density at radius 3 is 2.45 bits per heavy atom. The summed E-state index contributed by atoms with van der Waals surface area (Å²) in [5.74, 6) is 6.87. The Labute approximate surface area is 126 Å². The molecule has 0 spiro atoms. The van der Waals surface area contributed by atoms with E-state index in [9.17, 15) is 0 Å². The summed E-state index contributed by atoms with van der Waals surface area (Å²) in [6.07, 6.45) is 4.67. The second-order valence-electron chi connectivity index (χ2n) is 4.74. The average molecular weight is 296 g/mol. The fraction of sp³-hybridized carbons (Fsp3) is 0.357. The van der Waals surface area contributed by atoms with Gasteiger partial charge >= 0.3 is 5.82 Å². The number of rotatable bonds is 5. The van der Waals surface area contributed by atoms with Crippen LogP contribution in [0.2, 0.25) is 0 Å². The molecule has 2 rings (SSSR count). The molecular formula is C14H22ClN5. The van der Waals surface area contributed by atoms with Crippen molar-refractivity contribution in [1.82, 2.24) is 4.68 Å². The maximum atomic E-state index is 5.82. The molecule has 3 N–H and O–H groups in total. The topological polar surface area (TPSA) is 50.1 Å². The summed E-state index contributed by atoms with van der Waals surface area (Å²) in [4.78, 5) is 2.09. The van der Waals surface area contributed by atoms with E-state index in [4.69, 9.17) is 5.84 Å². The number of anilines is 1. The van der Waals surface area contributed by atoms with Gasteiger partial charge in [-0.3, -0.25) is 11.3 Å². The fourth-order valence-electron chi connectivity index (χ4n) is 2.02. The van der Waals surface area contributed by atoms with Crippen LogP contribution in [-0.2, 0) is 13.0 Å². The van der Waals surface area contributed by atoms with E-state index >= 15 is 0 Å². The summed E-state index contributed by atoms with van der Waals surface area (Å²) in [6, 6.07) is 8.51. The number of nitrogens with two attached hydrogens (primary N) is 1. The summed E-state index contributed by atoms with van der Waals surface area (Å²) in [6.45, 7) is 2.86. The Hall–Kier alpha value is -1.88. The van der Waals surface area contributed by atoms with Gasteiger partial charge in [0.25, 0.3) is 0 Å². The third-order valence-corrected chi connectivity index (χ3v) is 3.17. The van der Waals surface area contributed by atoms with Crippen molar-refractivity contribution in [3.8, 4) is 0 Å². The van der Waals surface area contributed by atoms with Gasteiger partial charge in [0, 0.05) is 19.8 Å². The smallest absolute Gasteiger partial charge is 0.302 e. The van der Waals surface area contributed by atoms with E-state index in [1.165, 1.54) is 11.3 Å². The molecule has 0 unspecified atom stereocenters. The molecule has 0 bridgehead atoms. The van der Waals surface area contributed by atoms with Crippen LogP contribution in [0.3, 0.4) is 0 Å². The van der Waals surface area contributed by atoms with Crippen molar-refractivity contribution >= 4 is 5.69 Å². The van der Waals surface area contributed by atoms with Crippen LogP contribution in [0.15, 0.2) is 36.7 Å². The molecule has 0 amide bonds. The summed E-state index contributed by atoms with van der Waals surface area (Å²) in [5.41, 5.74) is 5.80. The summed E-state index contributed by atoms with van der Waals surface area (Å²) < 4.78 is 3.61. The van der Waals surface area contributed by atoms with Gasteiger partial charge in [-0.2, -0.15) is 0 Å². The molecule has 0 aliphatic rings. The Morgan fingerprint density at radius 2 is 1.90 bits per heavy atom. The zero-order valence-electron chi connectivity index (χ0n) is 12.2. The monoisotopic (exact) mass is 295 g/mol. The van der Waals surface area contributed by atoms with Crippen molar-refractivity contribution in [3.63, 3.8) is 0 Å². The molecule has 0 fully saturated rings. The van der Waals surface area contributed by atoms with Gasteiger partial charge in [0.05, 0.1) is 13.0 Å². The summed E-state index contributed by atoms with van der Waals surface area (Å²) >= 11 is 0. The first-order valence-corrected chi connectivity index (χ1v) is 6.49. The Balaban J connectivity index is 0.00000200. The fourth-order valence-corrected chi connectivity index (χ4v) is 2.02. The van der Waals surface area contributed by atoms with Crippen molar-refractivity contribution < 1.29 is 17.1 Å². The maximum Gasteiger partial charge on any atom is 0.302 e. The van der Waals surface area contributed by atoms with Gasteiger partial charge < -0.3 is 17.3 Å². The lowest BCUT2D eigenvalue weighted by molar-refractivity contribution is -0.658. The van der Waals surface area contributed by atoms with E-state index in [1.807, 2.05) is 31.2 Å². The molecular weight excluding hydrogens is 274 g/mol. The van der Waals surface area contributed by atoms with Gasteiger partial charge in [0.15, 0.2) is 12.4 Å². The Morgan fingerprint density at radius 1 is 1.25 bits per heavy atom. The van der Waals surface area contributed by atoms with Gasteiger partial charge in [-0.25, -0.2) is 0 Å². The van der Waals surface area contributed by atoms with Crippen LogP contribution in [0.25, 0.3) is 0 Å². The Kier molecular flexibility index (Phi) is 5.70. The van der Waals surface area contributed by atoms with E-state index < -0.39 is 0 Å². The van der Waals surface area contributed by atoms with Crippen molar-refractivity contribution in [2.45, 2.75) is 19.9 Å². The maximum absolute atomic E-state index is 5.82. The molecule has 0 saturated heterocycles. The number of hydrogen-bond acceptors (Lipinski definition) is 3. The molecule has 20 heavy (non-hydrogen) atoms. The quantitative estimate of drug-likeness (QED) is 0.489. The predicted molar refractivity (Wildman–Crippen MR) is 78.0 cm³/mol. The standard InChI is InChI=1S/C14H22N5.ClH/c1-4-14-18(15)9-10-19(14)16-11-12-5-7-13(8-6-12)17(2)3;/h5-10,16H,4,11,15H2,1-3H3;1H/q+1;/p-1. The third kappa shape index (κ3) is 3.57. The second-order valence-corrected chi connectivity index (χ2v) is 4.74. The molecule has 1 heterocycles. The first kappa shape index (κ1) is 16.2. The van der Waals surface area contributed by atoms with E-state index in [2.05, 4.69) is 41.5 Å². The molecule has 1 aromatic carbocycles. The van der Waals surface area contributed by atoms with Crippen molar-refractivity contribution in [2.24, 2.45) is 0 Å². The van der Waals surface area contributed by atoms with Crippen LogP contribution in [-0.4, -0.2) is 18.8 Å². The molecule has 2 aromatic rings. The molecule has 0 atom stereocenters. The van der Waals surface area contributed by atoms with Gasteiger partial charge in [-0.15, -0.1) is 9.35 Å². The van der Waals surface area contributed by atoms with Gasteiger partial charge in [-0.05, 0) is 17.7 Å². The van der Waals surface area contributed by atoms with Crippen LogP contribution in [0.5, 0.6) is 0 Å². The average Bonchev–Trinajstić information content (AvgIpc) is 2.77.